The van der Waals surface area contributed by atoms with E-state index < -0.39 is 0 Å². The number of halogens is 1. The van der Waals surface area contributed by atoms with E-state index in [4.69, 9.17) is 21.3 Å². The third-order valence-corrected chi connectivity index (χ3v) is 5.95. The van der Waals surface area contributed by atoms with Gasteiger partial charge in [0.2, 0.25) is 0 Å². The third kappa shape index (κ3) is 4.13. The van der Waals surface area contributed by atoms with Gasteiger partial charge in [0, 0.05) is 17.1 Å². The lowest BCUT2D eigenvalue weighted by molar-refractivity contribution is 0.0601. The number of imidazole rings is 1. The van der Waals surface area contributed by atoms with Crippen molar-refractivity contribution in [3.05, 3.63) is 113 Å². The summed E-state index contributed by atoms with van der Waals surface area (Å²) >= 11 is 6.10. The number of benzene rings is 4. The predicted octanol–water partition coefficient (Wildman–Crippen LogP) is 6.86. The Labute approximate surface area is 197 Å². The van der Waals surface area contributed by atoms with Gasteiger partial charge in [0.05, 0.1) is 23.7 Å². The molecule has 0 fully saturated rings. The van der Waals surface area contributed by atoms with E-state index in [-0.39, 0.29) is 5.97 Å². The Morgan fingerprint density at radius 3 is 2.27 bits per heavy atom. The van der Waals surface area contributed by atoms with Crippen molar-refractivity contribution in [3.63, 3.8) is 0 Å². The second kappa shape index (κ2) is 8.93. The number of para-hydroxylation sites is 2. The molecule has 1 aromatic heterocycles. The smallest absolute Gasteiger partial charge is 0.338 e. The molecule has 33 heavy (non-hydrogen) atoms. The zero-order valence-electron chi connectivity index (χ0n) is 18.0. The molecule has 0 aliphatic carbocycles. The third-order valence-electron chi connectivity index (χ3n) is 5.69. The first-order valence-electron chi connectivity index (χ1n) is 10.6. The topological polar surface area (TPSA) is 44.1 Å². The SMILES string of the molecule is COC(=O)c1ccccc1-c1ccc(Cn2c(-c3ccc(Cl)cc3)nc3ccccc32)cc1. The van der Waals surface area contributed by atoms with E-state index in [2.05, 4.69) is 22.8 Å². The molecule has 0 aliphatic rings. The lowest BCUT2D eigenvalue weighted by Gasteiger charge is -2.12. The molecule has 0 amide bonds. The van der Waals surface area contributed by atoms with Crippen molar-refractivity contribution < 1.29 is 9.53 Å². The van der Waals surface area contributed by atoms with Crippen LogP contribution in [0, 0.1) is 0 Å². The molecule has 0 aliphatic heterocycles. The lowest BCUT2D eigenvalue weighted by atomic mass is 9.98. The van der Waals surface area contributed by atoms with Gasteiger partial charge in [-0.3, -0.25) is 0 Å². The second-order valence-corrected chi connectivity index (χ2v) is 8.19. The maximum Gasteiger partial charge on any atom is 0.338 e. The Hall–Kier alpha value is -3.89. The molecule has 0 bridgehead atoms. The van der Waals surface area contributed by atoms with Crippen molar-refractivity contribution in [1.29, 1.82) is 0 Å². The number of fused-ring (bicyclic) bond motifs is 1. The number of aromatic nitrogens is 2. The van der Waals surface area contributed by atoms with Gasteiger partial charge in [-0.25, -0.2) is 9.78 Å². The molecule has 0 N–H and O–H groups in total. The molecule has 0 atom stereocenters. The van der Waals surface area contributed by atoms with Crippen LogP contribution in [0.3, 0.4) is 0 Å². The van der Waals surface area contributed by atoms with Crippen LogP contribution in [-0.2, 0) is 11.3 Å². The molecule has 5 rings (SSSR count). The van der Waals surface area contributed by atoms with Crippen LogP contribution in [0.4, 0.5) is 0 Å². The quantitative estimate of drug-likeness (QED) is 0.273. The lowest BCUT2D eigenvalue weighted by Crippen LogP contribution is -2.04. The van der Waals surface area contributed by atoms with Crippen LogP contribution in [0.2, 0.25) is 5.02 Å². The molecule has 5 heteroatoms. The number of ether oxygens (including phenoxy) is 1. The summed E-state index contributed by atoms with van der Waals surface area (Å²) in [6.07, 6.45) is 0. The normalized spacial score (nSPS) is 11.0. The largest absolute Gasteiger partial charge is 0.465 e. The number of carbonyl (C=O) groups excluding carboxylic acids is 1. The maximum absolute atomic E-state index is 12.2. The van der Waals surface area contributed by atoms with Gasteiger partial charge >= 0.3 is 5.97 Å². The Morgan fingerprint density at radius 2 is 1.52 bits per heavy atom. The highest BCUT2D eigenvalue weighted by molar-refractivity contribution is 6.30. The summed E-state index contributed by atoms with van der Waals surface area (Å²) in [5.74, 6) is 0.556. The van der Waals surface area contributed by atoms with E-state index in [1.54, 1.807) is 6.07 Å². The second-order valence-electron chi connectivity index (χ2n) is 7.75. The van der Waals surface area contributed by atoms with Gasteiger partial charge in [-0.05, 0) is 59.2 Å². The van der Waals surface area contributed by atoms with Gasteiger partial charge in [0.25, 0.3) is 0 Å². The van der Waals surface area contributed by atoms with Gasteiger partial charge in [0.15, 0.2) is 0 Å². The van der Waals surface area contributed by atoms with Crippen LogP contribution >= 0.6 is 11.6 Å². The van der Waals surface area contributed by atoms with E-state index in [0.29, 0.717) is 17.1 Å². The Morgan fingerprint density at radius 1 is 0.848 bits per heavy atom. The number of nitrogens with zero attached hydrogens (tertiary/aromatic N) is 2. The summed E-state index contributed by atoms with van der Waals surface area (Å²) in [7, 11) is 1.40. The van der Waals surface area contributed by atoms with Crippen molar-refractivity contribution in [1.82, 2.24) is 9.55 Å². The minimum Gasteiger partial charge on any atom is -0.465 e. The molecular formula is C28H21ClN2O2. The molecule has 0 saturated carbocycles. The molecule has 5 aromatic rings. The van der Waals surface area contributed by atoms with Gasteiger partial charge in [0.1, 0.15) is 5.82 Å². The zero-order chi connectivity index (χ0) is 22.8. The van der Waals surface area contributed by atoms with Crippen LogP contribution in [-0.4, -0.2) is 22.6 Å². The number of carbonyl (C=O) groups is 1. The van der Waals surface area contributed by atoms with Crippen LogP contribution in [0.25, 0.3) is 33.5 Å². The average molecular weight is 453 g/mol. The van der Waals surface area contributed by atoms with E-state index in [1.807, 2.05) is 72.8 Å². The molecule has 0 saturated heterocycles. The molecule has 0 radical (unpaired) electrons. The summed E-state index contributed by atoms with van der Waals surface area (Å²) in [6, 6.07) is 31.6. The van der Waals surface area contributed by atoms with Crippen LogP contribution < -0.4 is 0 Å². The minimum atomic E-state index is -0.341. The number of methoxy groups -OCH3 is 1. The fourth-order valence-electron chi connectivity index (χ4n) is 4.05. The van der Waals surface area contributed by atoms with Gasteiger partial charge in [-0.2, -0.15) is 0 Å². The van der Waals surface area contributed by atoms with E-state index >= 15 is 0 Å². The summed E-state index contributed by atoms with van der Waals surface area (Å²) in [5.41, 5.74) is 6.54. The minimum absolute atomic E-state index is 0.341. The summed E-state index contributed by atoms with van der Waals surface area (Å²) < 4.78 is 7.16. The Bertz CT molecular complexity index is 1440. The molecule has 4 nitrogen and oxygen atoms in total. The fourth-order valence-corrected chi connectivity index (χ4v) is 4.18. The first-order chi connectivity index (χ1) is 16.1. The Kier molecular flexibility index (Phi) is 5.68. The predicted molar refractivity (Wildman–Crippen MR) is 132 cm³/mol. The fraction of sp³-hybridized carbons (Fsp3) is 0.0714. The van der Waals surface area contributed by atoms with Crippen molar-refractivity contribution in [3.8, 4) is 22.5 Å². The standard InChI is InChI=1S/C28H21ClN2O2/c1-33-28(32)24-7-3-2-6-23(24)20-12-10-19(11-13-20)18-31-26-9-5-4-8-25(26)30-27(31)21-14-16-22(29)17-15-21/h2-17H,18H2,1H3. The number of hydrogen-bond donors (Lipinski definition) is 0. The van der Waals surface area contributed by atoms with Crippen LogP contribution in [0.5, 0.6) is 0 Å². The molecule has 162 valence electrons. The van der Waals surface area contributed by atoms with Gasteiger partial charge in [-0.15, -0.1) is 0 Å². The highest BCUT2D eigenvalue weighted by Crippen LogP contribution is 2.28. The highest BCUT2D eigenvalue weighted by Gasteiger charge is 2.15. The maximum atomic E-state index is 12.2. The van der Waals surface area contributed by atoms with E-state index in [9.17, 15) is 4.79 Å². The average Bonchev–Trinajstić information content (AvgIpc) is 3.23. The monoisotopic (exact) mass is 452 g/mol. The molecule has 0 spiro atoms. The summed E-state index contributed by atoms with van der Waals surface area (Å²) in [6.45, 7) is 0.664. The first kappa shape index (κ1) is 21.0. The number of rotatable bonds is 5. The first-order valence-corrected chi connectivity index (χ1v) is 11.0. The molecule has 1 heterocycles. The number of hydrogen-bond acceptors (Lipinski definition) is 3. The molecular weight excluding hydrogens is 432 g/mol. The van der Waals surface area contributed by atoms with Gasteiger partial charge in [-0.1, -0.05) is 66.2 Å². The van der Waals surface area contributed by atoms with Crippen molar-refractivity contribution >= 4 is 28.6 Å². The van der Waals surface area contributed by atoms with E-state index in [1.165, 1.54) is 7.11 Å². The highest BCUT2D eigenvalue weighted by atomic mass is 35.5. The number of esters is 1. The van der Waals surface area contributed by atoms with Crippen LogP contribution in [0.15, 0.2) is 97.1 Å². The summed E-state index contributed by atoms with van der Waals surface area (Å²) in [4.78, 5) is 17.0. The van der Waals surface area contributed by atoms with Crippen LogP contribution in [0.1, 0.15) is 15.9 Å². The molecule has 4 aromatic carbocycles. The van der Waals surface area contributed by atoms with E-state index in [0.717, 1.165) is 39.1 Å². The summed E-state index contributed by atoms with van der Waals surface area (Å²) in [5, 5.41) is 0.698. The van der Waals surface area contributed by atoms with Gasteiger partial charge < -0.3 is 9.30 Å². The molecule has 0 unspecified atom stereocenters. The zero-order valence-corrected chi connectivity index (χ0v) is 18.8. The Balaban J connectivity index is 1.52. The van der Waals surface area contributed by atoms with Crippen molar-refractivity contribution in [2.24, 2.45) is 0 Å². The van der Waals surface area contributed by atoms with Crippen molar-refractivity contribution in [2.45, 2.75) is 6.54 Å². The van der Waals surface area contributed by atoms with Crippen molar-refractivity contribution in [2.75, 3.05) is 7.11 Å².